The molecular formula is C32H34N4O2S. The number of aryl methyl sites for hydroxylation is 1. The molecule has 6 nitrogen and oxygen atoms in total. The molecule has 200 valence electrons. The van der Waals surface area contributed by atoms with Gasteiger partial charge in [-0.3, -0.25) is 4.98 Å². The second-order valence-electron chi connectivity index (χ2n) is 10.4. The van der Waals surface area contributed by atoms with Crippen molar-refractivity contribution in [3.8, 4) is 17.2 Å². The zero-order valence-electron chi connectivity index (χ0n) is 22.6. The van der Waals surface area contributed by atoms with Crippen molar-refractivity contribution in [1.82, 2.24) is 14.9 Å². The Labute approximate surface area is 235 Å². The number of benzene rings is 2. The van der Waals surface area contributed by atoms with Gasteiger partial charge in [0, 0.05) is 29.3 Å². The molecule has 1 N–H and O–H groups in total. The van der Waals surface area contributed by atoms with Crippen LogP contribution in [0.5, 0.6) is 17.2 Å². The van der Waals surface area contributed by atoms with Crippen LogP contribution in [0.15, 0.2) is 79.0 Å². The summed E-state index contributed by atoms with van der Waals surface area (Å²) in [4.78, 5) is 6.97. The van der Waals surface area contributed by atoms with Crippen LogP contribution in [0.25, 0.3) is 0 Å². The van der Waals surface area contributed by atoms with E-state index in [1.807, 2.05) is 54.7 Å². The molecule has 1 saturated carbocycles. The average molecular weight is 539 g/mol. The Hall–Kier alpha value is -3.84. The van der Waals surface area contributed by atoms with E-state index in [0.717, 1.165) is 28.6 Å². The van der Waals surface area contributed by atoms with Crippen LogP contribution in [0, 0.1) is 13.8 Å². The fourth-order valence-electron chi connectivity index (χ4n) is 6.23. The number of methoxy groups -OCH3 is 1. The lowest BCUT2D eigenvalue weighted by molar-refractivity contribution is 0.413. The smallest absolute Gasteiger partial charge is 0.174 e. The van der Waals surface area contributed by atoms with Crippen LogP contribution >= 0.6 is 12.2 Å². The maximum absolute atomic E-state index is 6.08. The number of nitrogens with one attached hydrogen (secondary N) is 1. The summed E-state index contributed by atoms with van der Waals surface area (Å²) in [6, 6.07) is 24.7. The van der Waals surface area contributed by atoms with E-state index in [4.69, 9.17) is 26.7 Å². The van der Waals surface area contributed by atoms with E-state index in [1.165, 1.54) is 42.6 Å². The number of anilines is 1. The largest absolute Gasteiger partial charge is 0.497 e. The van der Waals surface area contributed by atoms with Crippen molar-refractivity contribution < 1.29 is 9.47 Å². The minimum Gasteiger partial charge on any atom is -0.497 e. The minimum absolute atomic E-state index is 0.0258. The van der Waals surface area contributed by atoms with Gasteiger partial charge in [0.05, 0.1) is 24.9 Å². The molecule has 6 rings (SSSR count). The van der Waals surface area contributed by atoms with Crippen LogP contribution in [0.4, 0.5) is 5.69 Å². The molecule has 1 saturated heterocycles. The Bertz CT molecular complexity index is 1440. The van der Waals surface area contributed by atoms with Gasteiger partial charge in [-0.1, -0.05) is 18.9 Å². The van der Waals surface area contributed by atoms with Gasteiger partial charge in [0.2, 0.25) is 0 Å². The van der Waals surface area contributed by atoms with E-state index >= 15 is 0 Å². The number of thiocarbonyl (C=S) groups is 1. The summed E-state index contributed by atoms with van der Waals surface area (Å²) in [6.07, 6.45) is 6.97. The number of hydrogen-bond donors (Lipinski definition) is 1. The second-order valence-corrected chi connectivity index (χ2v) is 10.8. The Kier molecular flexibility index (Phi) is 7.00. The first-order valence-electron chi connectivity index (χ1n) is 13.6. The monoisotopic (exact) mass is 538 g/mol. The van der Waals surface area contributed by atoms with Crippen molar-refractivity contribution in [2.75, 3.05) is 12.0 Å². The summed E-state index contributed by atoms with van der Waals surface area (Å²) in [5.74, 6) is 2.32. The summed E-state index contributed by atoms with van der Waals surface area (Å²) in [6.45, 7) is 4.50. The van der Waals surface area contributed by atoms with E-state index in [1.54, 1.807) is 7.11 Å². The lowest BCUT2D eigenvalue weighted by atomic mass is 9.96. The number of ether oxygens (including phenoxy) is 2. The average Bonchev–Trinajstić information content (AvgIpc) is 3.68. The Morgan fingerprint density at radius 2 is 1.56 bits per heavy atom. The molecule has 39 heavy (non-hydrogen) atoms. The molecule has 4 aromatic rings. The maximum atomic E-state index is 6.08. The summed E-state index contributed by atoms with van der Waals surface area (Å²) in [5.41, 5.74) is 5.93. The molecule has 2 unspecified atom stereocenters. The lowest BCUT2D eigenvalue weighted by Crippen LogP contribution is -2.29. The molecule has 3 heterocycles. The van der Waals surface area contributed by atoms with E-state index in [-0.39, 0.29) is 12.1 Å². The Morgan fingerprint density at radius 1 is 0.897 bits per heavy atom. The van der Waals surface area contributed by atoms with Crippen LogP contribution in [-0.4, -0.2) is 21.8 Å². The van der Waals surface area contributed by atoms with Gasteiger partial charge in [0.15, 0.2) is 5.11 Å². The standard InChI is InChI=1S/C32H34N4O2S/c1-21-20-28(22(2)35(21)23-8-4-5-9-23)31-30(29-10-6-7-19-33-29)34-32(39)36(31)24-11-13-26(14-12-24)38-27-17-15-25(37-3)16-18-27/h6-7,10-20,23,30-31H,4-5,8-9H2,1-3H3,(H,34,39). The van der Waals surface area contributed by atoms with Crippen molar-refractivity contribution in [1.29, 1.82) is 0 Å². The molecule has 2 aliphatic rings. The number of pyridine rings is 1. The summed E-state index contributed by atoms with van der Waals surface area (Å²) in [5, 5.41) is 4.30. The van der Waals surface area contributed by atoms with E-state index < -0.39 is 0 Å². The fraction of sp³-hybridized carbons (Fsp3) is 0.312. The highest BCUT2D eigenvalue weighted by Gasteiger charge is 2.42. The van der Waals surface area contributed by atoms with Gasteiger partial charge < -0.3 is 24.3 Å². The SMILES string of the molecule is COc1ccc(Oc2ccc(N3C(=S)NC(c4ccccn4)C3c3cc(C)n(C4CCCC4)c3C)cc2)cc1. The van der Waals surface area contributed by atoms with E-state index in [9.17, 15) is 0 Å². The minimum atomic E-state index is -0.0635. The van der Waals surface area contributed by atoms with Gasteiger partial charge in [-0.2, -0.15) is 0 Å². The second kappa shape index (κ2) is 10.7. The number of hydrogen-bond acceptors (Lipinski definition) is 4. The number of rotatable bonds is 7. The zero-order valence-corrected chi connectivity index (χ0v) is 23.4. The predicted octanol–water partition coefficient (Wildman–Crippen LogP) is 7.59. The fourth-order valence-corrected chi connectivity index (χ4v) is 6.58. The van der Waals surface area contributed by atoms with Crippen molar-refractivity contribution in [2.24, 2.45) is 0 Å². The molecule has 0 bridgehead atoms. The van der Waals surface area contributed by atoms with Gasteiger partial charge in [-0.25, -0.2) is 0 Å². The third kappa shape index (κ3) is 4.87. The summed E-state index contributed by atoms with van der Waals surface area (Å²) >= 11 is 5.97. The van der Waals surface area contributed by atoms with Gasteiger partial charge >= 0.3 is 0 Å². The van der Waals surface area contributed by atoms with Crippen molar-refractivity contribution in [3.63, 3.8) is 0 Å². The van der Waals surface area contributed by atoms with Gasteiger partial charge in [0.25, 0.3) is 0 Å². The van der Waals surface area contributed by atoms with E-state index in [0.29, 0.717) is 11.2 Å². The third-order valence-electron chi connectivity index (χ3n) is 8.04. The Balaban J connectivity index is 1.35. The molecule has 2 aromatic carbocycles. The van der Waals surface area contributed by atoms with Crippen molar-refractivity contribution >= 4 is 23.0 Å². The molecule has 0 radical (unpaired) electrons. The molecule has 2 aromatic heterocycles. The molecule has 1 aliphatic carbocycles. The quantitative estimate of drug-likeness (QED) is 0.245. The van der Waals surface area contributed by atoms with Crippen LogP contribution in [0.2, 0.25) is 0 Å². The topological polar surface area (TPSA) is 51.6 Å². The van der Waals surface area contributed by atoms with Crippen LogP contribution < -0.4 is 19.7 Å². The highest BCUT2D eigenvalue weighted by molar-refractivity contribution is 7.80. The number of nitrogens with zero attached hydrogens (tertiary/aromatic N) is 3. The first-order chi connectivity index (χ1) is 19.0. The molecule has 2 atom stereocenters. The van der Waals surface area contributed by atoms with Crippen LogP contribution in [-0.2, 0) is 0 Å². The summed E-state index contributed by atoms with van der Waals surface area (Å²) in [7, 11) is 1.66. The van der Waals surface area contributed by atoms with Gasteiger partial charge in [0.1, 0.15) is 17.2 Å². The normalized spacial score (nSPS) is 19.4. The molecule has 0 spiro atoms. The lowest BCUT2D eigenvalue weighted by Gasteiger charge is -2.28. The third-order valence-corrected chi connectivity index (χ3v) is 8.35. The Morgan fingerprint density at radius 3 is 2.21 bits per heavy atom. The van der Waals surface area contributed by atoms with Crippen molar-refractivity contribution in [3.05, 3.63) is 102 Å². The highest BCUT2D eigenvalue weighted by Crippen LogP contribution is 2.45. The predicted molar refractivity (Wildman–Crippen MR) is 159 cm³/mol. The first-order valence-corrected chi connectivity index (χ1v) is 14.1. The van der Waals surface area contributed by atoms with Crippen LogP contribution in [0.3, 0.4) is 0 Å². The van der Waals surface area contributed by atoms with Crippen LogP contribution in [0.1, 0.15) is 66.5 Å². The maximum Gasteiger partial charge on any atom is 0.174 e. The van der Waals surface area contributed by atoms with Gasteiger partial charge in [-0.05, 0) is 111 Å². The molecule has 7 heteroatoms. The number of aromatic nitrogens is 2. The molecule has 0 amide bonds. The zero-order chi connectivity index (χ0) is 26.9. The first kappa shape index (κ1) is 25.4. The molecule has 1 aliphatic heterocycles. The highest BCUT2D eigenvalue weighted by atomic mass is 32.1. The van der Waals surface area contributed by atoms with Gasteiger partial charge in [-0.15, -0.1) is 0 Å². The molecule has 2 fully saturated rings. The molecular weight excluding hydrogens is 504 g/mol. The van der Waals surface area contributed by atoms with Crippen molar-refractivity contribution in [2.45, 2.75) is 57.7 Å². The van der Waals surface area contributed by atoms with E-state index in [2.05, 4.69) is 52.9 Å². The summed E-state index contributed by atoms with van der Waals surface area (Å²) < 4.78 is 13.9.